The number of amides is 1. The van der Waals surface area contributed by atoms with Crippen LogP contribution in [-0.2, 0) is 11.8 Å². The van der Waals surface area contributed by atoms with E-state index >= 15 is 0 Å². The van der Waals surface area contributed by atoms with E-state index in [1.54, 1.807) is 30.9 Å². The van der Waals surface area contributed by atoms with E-state index < -0.39 is 0 Å². The molecular formula is C15H16N2O3S. The lowest BCUT2D eigenvalue weighted by atomic mass is 10.1. The fourth-order valence-corrected chi connectivity index (χ4v) is 2.42. The van der Waals surface area contributed by atoms with Crippen molar-refractivity contribution in [2.45, 2.75) is 0 Å². The van der Waals surface area contributed by atoms with Gasteiger partial charge in [0.05, 0.1) is 14.2 Å². The first-order valence-electron chi connectivity index (χ1n) is 6.23. The van der Waals surface area contributed by atoms with Gasteiger partial charge in [0.25, 0.3) is 5.91 Å². The lowest BCUT2D eigenvalue weighted by Crippen LogP contribution is -2.11. The van der Waals surface area contributed by atoms with Crippen LogP contribution in [0.2, 0.25) is 0 Å². The minimum absolute atomic E-state index is 0.314. The molecule has 2 rings (SSSR count). The number of hydrogen-bond donors (Lipinski definition) is 0. The van der Waals surface area contributed by atoms with E-state index in [-0.39, 0.29) is 5.91 Å². The second-order valence-corrected chi connectivity index (χ2v) is 5.06. The van der Waals surface area contributed by atoms with Crippen LogP contribution in [0.5, 0.6) is 11.5 Å². The Morgan fingerprint density at radius 3 is 2.76 bits per heavy atom. The highest BCUT2D eigenvalue weighted by atomic mass is 32.1. The number of nitrogens with zero attached hydrogens (tertiary/aromatic N) is 2. The highest BCUT2D eigenvalue weighted by Crippen LogP contribution is 2.25. The zero-order valence-electron chi connectivity index (χ0n) is 12.1. The third-order valence-electron chi connectivity index (χ3n) is 2.81. The second-order valence-electron chi connectivity index (χ2n) is 4.19. The number of aryl methyl sites for hydroxylation is 1. The molecule has 0 N–H and O–H groups in total. The van der Waals surface area contributed by atoms with E-state index in [9.17, 15) is 4.79 Å². The van der Waals surface area contributed by atoms with E-state index in [1.807, 2.05) is 30.8 Å². The SMILES string of the molecule is COc1ccc(C=CC(=O)N=c2sccn2C)c(OC)c1. The Kier molecular flexibility index (Phi) is 4.94. The van der Waals surface area contributed by atoms with Gasteiger partial charge in [-0.2, -0.15) is 4.99 Å². The van der Waals surface area contributed by atoms with Gasteiger partial charge >= 0.3 is 0 Å². The molecule has 0 atom stereocenters. The van der Waals surface area contributed by atoms with Crippen LogP contribution in [-0.4, -0.2) is 24.7 Å². The van der Waals surface area contributed by atoms with Crippen molar-refractivity contribution >= 4 is 23.3 Å². The van der Waals surface area contributed by atoms with Crippen LogP contribution in [0.1, 0.15) is 5.56 Å². The predicted molar refractivity (Wildman–Crippen MR) is 82.4 cm³/mol. The van der Waals surface area contributed by atoms with Gasteiger partial charge in [0.1, 0.15) is 11.5 Å². The van der Waals surface area contributed by atoms with Crippen molar-refractivity contribution in [2.24, 2.45) is 12.0 Å². The Bertz CT molecular complexity index is 729. The molecule has 1 amide bonds. The smallest absolute Gasteiger partial charge is 0.272 e. The molecule has 0 saturated heterocycles. The Hall–Kier alpha value is -2.34. The highest BCUT2D eigenvalue weighted by Gasteiger charge is 2.03. The lowest BCUT2D eigenvalue weighted by molar-refractivity contribution is -0.113. The molecule has 0 radical (unpaired) electrons. The minimum Gasteiger partial charge on any atom is -0.497 e. The van der Waals surface area contributed by atoms with Gasteiger partial charge < -0.3 is 14.0 Å². The van der Waals surface area contributed by atoms with Gasteiger partial charge in [-0.3, -0.25) is 4.79 Å². The molecule has 0 aliphatic carbocycles. The predicted octanol–water partition coefficient (Wildman–Crippen LogP) is 2.24. The maximum absolute atomic E-state index is 11.8. The van der Waals surface area contributed by atoms with Crippen molar-refractivity contribution in [3.63, 3.8) is 0 Å². The molecule has 0 spiro atoms. The van der Waals surface area contributed by atoms with Crippen LogP contribution >= 0.6 is 11.3 Å². The van der Waals surface area contributed by atoms with Crippen molar-refractivity contribution in [3.8, 4) is 11.5 Å². The number of thiazole rings is 1. The van der Waals surface area contributed by atoms with Crippen LogP contribution in [0.25, 0.3) is 6.08 Å². The number of carbonyl (C=O) groups is 1. The van der Waals surface area contributed by atoms with E-state index in [1.165, 1.54) is 17.4 Å². The van der Waals surface area contributed by atoms with Crippen LogP contribution in [0.3, 0.4) is 0 Å². The monoisotopic (exact) mass is 304 g/mol. The average molecular weight is 304 g/mol. The fraction of sp³-hybridized carbons (Fsp3) is 0.200. The molecule has 1 aromatic heterocycles. The largest absolute Gasteiger partial charge is 0.497 e. The van der Waals surface area contributed by atoms with Crippen molar-refractivity contribution < 1.29 is 14.3 Å². The molecule has 0 aliphatic rings. The van der Waals surface area contributed by atoms with Crippen molar-refractivity contribution in [1.82, 2.24) is 4.57 Å². The van der Waals surface area contributed by atoms with Crippen LogP contribution in [0.15, 0.2) is 40.8 Å². The molecule has 0 fully saturated rings. The first kappa shape index (κ1) is 15.1. The van der Waals surface area contributed by atoms with E-state index in [0.717, 1.165) is 5.56 Å². The molecule has 1 heterocycles. The summed E-state index contributed by atoms with van der Waals surface area (Å²) in [5, 5.41) is 1.88. The number of methoxy groups -OCH3 is 2. The second kappa shape index (κ2) is 6.90. The molecule has 0 bridgehead atoms. The zero-order chi connectivity index (χ0) is 15.2. The number of benzene rings is 1. The van der Waals surface area contributed by atoms with Gasteiger partial charge in [-0.1, -0.05) is 0 Å². The molecule has 21 heavy (non-hydrogen) atoms. The summed E-state index contributed by atoms with van der Waals surface area (Å²) in [5.74, 6) is 1.02. The number of aromatic nitrogens is 1. The number of hydrogen-bond acceptors (Lipinski definition) is 4. The van der Waals surface area contributed by atoms with Crippen molar-refractivity contribution in [3.05, 3.63) is 46.2 Å². The minimum atomic E-state index is -0.314. The lowest BCUT2D eigenvalue weighted by Gasteiger charge is -2.06. The molecular weight excluding hydrogens is 288 g/mol. The summed E-state index contributed by atoms with van der Waals surface area (Å²) in [6, 6.07) is 5.40. The average Bonchev–Trinajstić information content (AvgIpc) is 2.90. The fourth-order valence-electron chi connectivity index (χ4n) is 1.68. The molecule has 0 aliphatic heterocycles. The zero-order valence-corrected chi connectivity index (χ0v) is 12.9. The first-order valence-corrected chi connectivity index (χ1v) is 7.11. The molecule has 110 valence electrons. The Morgan fingerprint density at radius 2 is 2.14 bits per heavy atom. The molecule has 0 unspecified atom stereocenters. The summed E-state index contributed by atoms with van der Waals surface area (Å²) in [6.07, 6.45) is 4.95. The topological polar surface area (TPSA) is 52.8 Å². The van der Waals surface area contributed by atoms with Crippen LogP contribution in [0, 0.1) is 0 Å². The van der Waals surface area contributed by atoms with E-state index in [4.69, 9.17) is 9.47 Å². The Balaban J connectivity index is 2.22. The molecule has 0 saturated carbocycles. The summed E-state index contributed by atoms with van der Waals surface area (Å²) < 4.78 is 12.2. The number of carbonyl (C=O) groups excluding carboxylic acids is 1. The maximum atomic E-state index is 11.8. The van der Waals surface area contributed by atoms with E-state index in [0.29, 0.717) is 16.3 Å². The summed E-state index contributed by atoms with van der Waals surface area (Å²) in [4.78, 5) is 16.5. The van der Waals surface area contributed by atoms with Crippen molar-refractivity contribution in [1.29, 1.82) is 0 Å². The molecule has 1 aromatic carbocycles. The van der Waals surface area contributed by atoms with Crippen LogP contribution in [0.4, 0.5) is 0 Å². The van der Waals surface area contributed by atoms with Gasteiger partial charge in [-0.05, 0) is 18.2 Å². The molecule has 2 aromatic rings. The maximum Gasteiger partial charge on any atom is 0.272 e. The van der Waals surface area contributed by atoms with Gasteiger partial charge in [-0.25, -0.2) is 0 Å². The summed E-state index contributed by atoms with van der Waals surface area (Å²) >= 11 is 1.41. The third kappa shape index (κ3) is 3.82. The summed E-state index contributed by atoms with van der Waals surface area (Å²) in [5.41, 5.74) is 0.789. The third-order valence-corrected chi connectivity index (χ3v) is 3.66. The van der Waals surface area contributed by atoms with Gasteiger partial charge in [0.15, 0.2) is 4.80 Å². The summed E-state index contributed by atoms with van der Waals surface area (Å²) in [6.45, 7) is 0. The molecule has 6 heteroatoms. The van der Waals surface area contributed by atoms with Crippen LogP contribution < -0.4 is 14.3 Å². The van der Waals surface area contributed by atoms with E-state index in [2.05, 4.69) is 4.99 Å². The van der Waals surface area contributed by atoms with Gasteiger partial charge in [0.2, 0.25) is 0 Å². The number of rotatable bonds is 4. The Labute approximate surface area is 126 Å². The molecule has 5 nitrogen and oxygen atoms in total. The van der Waals surface area contributed by atoms with Crippen molar-refractivity contribution in [2.75, 3.05) is 14.2 Å². The number of ether oxygens (including phenoxy) is 2. The summed E-state index contributed by atoms with van der Waals surface area (Å²) in [7, 11) is 5.01. The van der Waals surface area contributed by atoms with Gasteiger partial charge in [-0.15, -0.1) is 11.3 Å². The Morgan fingerprint density at radius 1 is 1.33 bits per heavy atom. The van der Waals surface area contributed by atoms with Gasteiger partial charge in [0, 0.05) is 36.3 Å². The quantitative estimate of drug-likeness (QED) is 0.814. The normalized spacial score (nSPS) is 11.9. The highest BCUT2D eigenvalue weighted by molar-refractivity contribution is 7.07. The standard InChI is InChI=1S/C15H16N2O3S/c1-17-8-9-21-15(17)16-14(18)7-5-11-4-6-12(19-2)10-13(11)20-3/h4-10H,1-3H3. The first-order chi connectivity index (χ1) is 10.1.